The van der Waals surface area contributed by atoms with Crippen molar-refractivity contribution in [3.05, 3.63) is 29.3 Å². The third-order valence-electron chi connectivity index (χ3n) is 5.30. The van der Waals surface area contributed by atoms with Gasteiger partial charge in [-0.25, -0.2) is 0 Å². The van der Waals surface area contributed by atoms with E-state index in [1.54, 1.807) is 0 Å². The van der Waals surface area contributed by atoms with E-state index in [4.69, 9.17) is 4.74 Å². The van der Waals surface area contributed by atoms with Gasteiger partial charge >= 0.3 is 0 Å². The fourth-order valence-corrected chi connectivity index (χ4v) is 3.36. The van der Waals surface area contributed by atoms with Gasteiger partial charge in [0.05, 0.1) is 6.10 Å². The molecule has 1 heterocycles. The lowest BCUT2D eigenvalue weighted by Crippen LogP contribution is -2.33. The van der Waals surface area contributed by atoms with Gasteiger partial charge in [0, 0.05) is 18.5 Å². The lowest BCUT2D eigenvalue weighted by molar-refractivity contribution is -0.122. The zero-order valence-corrected chi connectivity index (χ0v) is 16.2. The Morgan fingerprint density at radius 2 is 2.04 bits per heavy atom. The molecule has 1 amide bonds. The van der Waals surface area contributed by atoms with Crippen molar-refractivity contribution in [1.82, 2.24) is 10.6 Å². The van der Waals surface area contributed by atoms with Gasteiger partial charge in [0.2, 0.25) is 5.91 Å². The molecule has 1 fully saturated rings. The van der Waals surface area contributed by atoms with Crippen molar-refractivity contribution in [2.45, 2.75) is 66.0 Å². The molecular formula is C21H34N2O2. The van der Waals surface area contributed by atoms with Crippen molar-refractivity contribution >= 4 is 5.91 Å². The average molecular weight is 347 g/mol. The first-order chi connectivity index (χ1) is 12.0. The molecule has 0 aliphatic carbocycles. The van der Waals surface area contributed by atoms with Crippen molar-refractivity contribution in [3.63, 3.8) is 0 Å². The Morgan fingerprint density at radius 1 is 1.32 bits per heavy atom. The van der Waals surface area contributed by atoms with Crippen LogP contribution in [0.1, 0.15) is 57.6 Å². The molecule has 0 spiro atoms. The first-order valence-corrected chi connectivity index (χ1v) is 9.73. The van der Waals surface area contributed by atoms with Gasteiger partial charge in [0.25, 0.3) is 0 Å². The van der Waals surface area contributed by atoms with Crippen LogP contribution in [0.4, 0.5) is 0 Å². The largest absolute Gasteiger partial charge is 0.490 e. The monoisotopic (exact) mass is 346 g/mol. The number of carbonyl (C=O) groups excluding carboxylic acids is 1. The van der Waals surface area contributed by atoms with E-state index in [9.17, 15) is 4.79 Å². The molecule has 0 bridgehead atoms. The molecule has 0 saturated carbocycles. The topological polar surface area (TPSA) is 50.4 Å². The Bertz CT molecular complexity index is 553. The first kappa shape index (κ1) is 19.8. The summed E-state index contributed by atoms with van der Waals surface area (Å²) < 4.78 is 6.03. The summed E-state index contributed by atoms with van der Waals surface area (Å²) in [6.45, 7) is 11.2. The second-order valence-electron chi connectivity index (χ2n) is 7.49. The van der Waals surface area contributed by atoms with Crippen molar-refractivity contribution < 1.29 is 9.53 Å². The average Bonchev–Trinajstić information content (AvgIpc) is 2.61. The maximum atomic E-state index is 12.4. The maximum Gasteiger partial charge on any atom is 0.220 e. The molecule has 1 aromatic carbocycles. The quantitative estimate of drug-likeness (QED) is 0.752. The number of nitrogens with one attached hydrogen (secondary N) is 2. The van der Waals surface area contributed by atoms with Crippen molar-refractivity contribution in [1.29, 1.82) is 0 Å². The molecule has 140 valence electrons. The third-order valence-corrected chi connectivity index (χ3v) is 5.30. The molecule has 2 unspecified atom stereocenters. The predicted molar refractivity (Wildman–Crippen MR) is 103 cm³/mol. The van der Waals surface area contributed by atoms with E-state index < -0.39 is 0 Å². The van der Waals surface area contributed by atoms with Crippen molar-refractivity contribution in [2.75, 3.05) is 13.1 Å². The van der Waals surface area contributed by atoms with Crippen LogP contribution in [0.15, 0.2) is 18.2 Å². The number of hydrogen-bond acceptors (Lipinski definition) is 3. The Labute approximate surface area is 152 Å². The molecule has 0 radical (unpaired) electrons. The van der Waals surface area contributed by atoms with Gasteiger partial charge in [0.1, 0.15) is 5.75 Å². The number of rotatable bonds is 8. The summed E-state index contributed by atoms with van der Waals surface area (Å²) in [5, 5.41) is 6.47. The van der Waals surface area contributed by atoms with Crippen molar-refractivity contribution in [2.24, 2.45) is 11.8 Å². The highest BCUT2D eigenvalue weighted by Gasteiger charge is 2.22. The van der Waals surface area contributed by atoms with Gasteiger partial charge in [-0.15, -0.1) is 0 Å². The van der Waals surface area contributed by atoms with Crippen LogP contribution in [-0.4, -0.2) is 25.1 Å². The van der Waals surface area contributed by atoms with Crippen LogP contribution in [0.5, 0.6) is 5.75 Å². The molecule has 0 aromatic heterocycles. The number of hydrogen-bond donors (Lipinski definition) is 2. The van der Waals surface area contributed by atoms with Crippen molar-refractivity contribution in [3.8, 4) is 5.75 Å². The molecule has 2 N–H and O–H groups in total. The second kappa shape index (κ2) is 9.81. The molecule has 1 saturated heterocycles. The Hall–Kier alpha value is -1.55. The van der Waals surface area contributed by atoms with Gasteiger partial charge in [-0.3, -0.25) is 4.79 Å². The minimum Gasteiger partial charge on any atom is -0.490 e. The molecule has 4 nitrogen and oxygen atoms in total. The summed E-state index contributed by atoms with van der Waals surface area (Å²) in [5.74, 6) is 2.13. The SMILES string of the molecule is CCC(C)Oc1cc(C)ccc1CNC(=O)CC(C)C1CCNCC1. The molecular weight excluding hydrogens is 312 g/mol. The Balaban J connectivity index is 1.88. The van der Waals surface area contributed by atoms with Crippen LogP contribution < -0.4 is 15.4 Å². The molecule has 4 heteroatoms. The molecule has 2 atom stereocenters. The smallest absolute Gasteiger partial charge is 0.220 e. The van der Waals surface area contributed by atoms with E-state index in [1.807, 2.05) is 0 Å². The molecule has 1 aliphatic rings. The molecule has 2 rings (SSSR count). The lowest BCUT2D eigenvalue weighted by atomic mass is 9.84. The Kier molecular flexibility index (Phi) is 7.76. The summed E-state index contributed by atoms with van der Waals surface area (Å²) in [5.41, 5.74) is 2.22. The molecule has 1 aliphatic heterocycles. The van der Waals surface area contributed by atoms with Gasteiger partial charge in [-0.1, -0.05) is 26.0 Å². The fraction of sp³-hybridized carbons (Fsp3) is 0.667. The number of aryl methyl sites for hydroxylation is 1. The van der Waals surface area contributed by atoms with Crippen LogP contribution in [0.3, 0.4) is 0 Å². The summed E-state index contributed by atoms with van der Waals surface area (Å²) in [4.78, 5) is 12.4. The first-order valence-electron chi connectivity index (χ1n) is 9.73. The van der Waals surface area contributed by atoms with Crippen LogP contribution in [0.25, 0.3) is 0 Å². The highest BCUT2D eigenvalue weighted by Crippen LogP contribution is 2.25. The maximum absolute atomic E-state index is 12.4. The Morgan fingerprint density at radius 3 is 2.72 bits per heavy atom. The lowest BCUT2D eigenvalue weighted by Gasteiger charge is -2.28. The van der Waals surface area contributed by atoms with E-state index in [2.05, 4.69) is 56.5 Å². The van der Waals surface area contributed by atoms with E-state index in [-0.39, 0.29) is 12.0 Å². The fourth-order valence-electron chi connectivity index (χ4n) is 3.36. The normalized spacial score (nSPS) is 17.8. The second-order valence-corrected chi connectivity index (χ2v) is 7.49. The standard InChI is InChI=1S/C21H34N2O2/c1-5-17(4)25-20-12-15(2)6-7-19(20)14-23-21(24)13-16(3)18-8-10-22-11-9-18/h6-7,12,16-18,22H,5,8-11,13-14H2,1-4H3,(H,23,24). The van der Waals surface area contributed by atoms with Gasteiger partial charge < -0.3 is 15.4 Å². The van der Waals surface area contributed by atoms with Crippen LogP contribution >= 0.6 is 0 Å². The van der Waals surface area contributed by atoms with E-state index in [1.165, 1.54) is 18.4 Å². The summed E-state index contributed by atoms with van der Waals surface area (Å²) in [7, 11) is 0. The van der Waals surface area contributed by atoms with Crippen LogP contribution in [-0.2, 0) is 11.3 Å². The summed E-state index contributed by atoms with van der Waals surface area (Å²) >= 11 is 0. The number of piperidine rings is 1. The van der Waals surface area contributed by atoms with E-state index >= 15 is 0 Å². The van der Waals surface area contributed by atoms with E-state index in [0.29, 0.717) is 24.8 Å². The molecule has 25 heavy (non-hydrogen) atoms. The summed E-state index contributed by atoms with van der Waals surface area (Å²) in [6.07, 6.45) is 4.11. The van der Waals surface area contributed by atoms with Gasteiger partial charge in [0.15, 0.2) is 0 Å². The van der Waals surface area contributed by atoms with Crippen LogP contribution in [0, 0.1) is 18.8 Å². The number of benzene rings is 1. The van der Waals surface area contributed by atoms with Gasteiger partial charge in [-0.2, -0.15) is 0 Å². The number of ether oxygens (including phenoxy) is 1. The minimum absolute atomic E-state index is 0.140. The molecule has 1 aromatic rings. The predicted octanol–water partition coefficient (Wildman–Crippen LogP) is 3.81. The highest BCUT2D eigenvalue weighted by molar-refractivity contribution is 5.76. The number of amides is 1. The zero-order valence-electron chi connectivity index (χ0n) is 16.2. The van der Waals surface area contributed by atoms with E-state index in [0.717, 1.165) is 30.8 Å². The van der Waals surface area contributed by atoms with Crippen LogP contribution in [0.2, 0.25) is 0 Å². The minimum atomic E-state index is 0.140. The zero-order chi connectivity index (χ0) is 18.2. The number of carbonyl (C=O) groups is 1. The van der Waals surface area contributed by atoms with Gasteiger partial charge in [-0.05, 0) is 69.7 Å². The summed E-state index contributed by atoms with van der Waals surface area (Å²) in [6, 6.07) is 6.19. The third kappa shape index (κ3) is 6.35. The highest BCUT2D eigenvalue weighted by atomic mass is 16.5.